The Hall–Kier alpha value is -1.16. The molecule has 0 unspecified atom stereocenters. The highest BCUT2D eigenvalue weighted by molar-refractivity contribution is 14.0. The Kier molecular flexibility index (Phi) is 11.0. The molecule has 0 aliphatic carbocycles. The Balaban J connectivity index is 0.00000392. The van der Waals surface area contributed by atoms with E-state index in [-0.39, 0.29) is 41.2 Å². The Morgan fingerprint density at radius 3 is 2.36 bits per heavy atom. The molecule has 2 N–H and O–H groups in total. The van der Waals surface area contributed by atoms with Gasteiger partial charge in [0.2, 0.25) is 5.91 Å². The largest absolute Gasteiger partial charge is 0.368 e. The molecule has 1 fully saturated rings. The normalized spacial score (nSPS) is 15.1. The number of guanidine groups is 1. The third kappa shape index (κ3) is 8.06. The highest BCUT2D eigenvalue weighted by Crippen LogP contribution is 2.19. The van der Waals surface area contributed by atoms with E-state index in [0.717, 1.165) is 39.3 Å². The fourth-order valence-electron chi connectivity index (χ4n) is 2.81. The van der Waals surface area contributed by atoms with Crippen molar-refractivity contribution in [1.82, 2.24) is 15.5 Å². The minimum absolute atomic E-state index is 0. The van der Waals surface area contributed by atoms with Crippen molar-refractivity contribution in [2.75, 3.05) is 57.0 Å². The second-order valence-electron chi connectivity index (χ2n) is 7.22. The lowest BCUT2D eigenvalue weighted by atomic mass is 10.2. The minimum atomic E-state index is 0. The van der Waals surface area contributed by atoms with Crippen LogP contribution in [0.2, 0.25) is 0 Å². The maximum absolute atomic E-state index is 12.5. The van der Waals surface area contributed by atoms with E-state index < -0.39 is 0 Å². The number of piperazine rings is 1. The van der Waals surface area contributed by atoms with Gasteiger partial charge in [0.1, 0.15) is 6.54 Å². The van der Waals surface area contributed by atoms with Gasteiger partial charge in [-0.3, -0.25) is 4.79 Å². The van der Waals surface area contributed by atoms with Crippen LogP contribution in [-0.2, 0) is 4.79 Å². The van der Waals surface area contributed by atoms with Gasteiger partial charge in [-0.05, 0) is 39.2 Å². The average molecular weight is 519 g/mol. The summed E-state index contributed by atoms with van der Waals surface area (Å²) >= 11 is 1.81. The fraction of sp³-hybridized carbons (Fsp3) is 0.600. The van der Waals surface area contributed by atoms with E-state index in [4.69, 9.17) is 0 Å². The summed E-state index contributed by atoms with van der Waals surface area (Å²) in [5, 5.41) is 6.55. The molecule has 1 amide bonds. The number of nitrogens with zero attached hydrogens (tertiary/aromatic N) is 3. The molecule has 6 nitrogen and oxygen atoms in total. The minimum Gasteiger partial charge on any atom is -0.368 e. The molecular formula is C20H34IN5OS. The van der Waals surface area contributed by atoms with Crippen molar-refractivity contribution in [3.8, 4) is 0 Å². The number of nitrogens with one attached hydrogen (secondary N) is 2. The fourth-order valence-corrected chi connectivity index (χ4v) is 3.03. The van der Waals surface area contributed by atoms with Crippen LogP contribution in [0, 0.1) is 0 Å². The lowest BCUT2D eigenvalue weighted by molar-refractivity contribution is -0.129. The third-order valence-corrected chi connectivity index (χ3v) is 5.95. The van der Waals surface area contributed by atoms with Crippen LogP contribution < -0.4 is 15.5 Å². The molecule has 0 aromatic heterocycles. The lowest BCUT2D eigenvalue weighted by Gasteiger charge is -2.36. The monoisotopic (exact) mass is 519 g/mol. The molecule has 0 atom stereocenters. The summed E-state index contributed by atoms with van der Waals surface area (Å²) in [6.07, 6.45) is 2.10. The summed E-state index contributed by atoms with van der Waals surface area (Å²) in [5.74, 6) is 0.792. The maximum Gasteiger partial charge on any atom is 0.244 e. The van der Waals surface area contributed by atoms with E-state index in [9.17, 15) is 4.79 Å². The molecule has 1 aliphatic rings. The van der Waals surface area contributed by atoms with E-state index in [1.165, 1.54) is 5.69 Å². The molecule has 2 rings (SSSR count). The Morgan fingerprint density at radius 1 is 1.14 bits per heavy atom. The standard InChI is InChI=1S/C20H33N5OS.HI/c1-5-21-19(23-16-20(2,3)27-4)22-15-18(26)25-13-11-24(12-14-25)17-9-7-6-8-10-17;/h6-10H,5,11-16H2,1-4H3,(H2,21,22,23);1H. The quantitative estimate of drug-likeness (QED) is 0.330. The van der Waals surface area contributed by atoms with Crippen molar-refractivity contribution >= 4 is 53.3 Å². The Bertz CT molecular complexity index is 618. The smallest absolute Gasteiger partial charge is 0.244 e. The van der Waals surface area contributed by atoms with Crippen molar-refractivity contribution in [2.24, 2.45) is 4.99 Å². The first-order valence-corrected chi connectivity index (χ1v) is 10.8. The van der Waals surface area contributed by atoms with Crippen LogP contribution in [0.3, 0.4) is 0 Å². The van der Waals surface area contributed by atoms with Crippen molar-refractivity contribution < 1.29 is 4.79 Å². The van der Waals surface area contributed by atoms with E-state index in [1.54, 1.807) is 0 Å². The van der Waals surface area contributed by atoms with Crippen molar-refractivity contribution in [3.63, 3.8) is 0 Å². The third-order valence-electron chi connectivity index (χ3n) is 4.70. The van der Waals surface area contributed by atoms with Crippen LogP contribution in [0.5, 0.6) is 0 Å². The second kappa shape index (κ2) is 12.4. The van der Waals surface area contributed by atoms with Crippen molar-refractivity contribution in [1.29, 1.82) is 0 Å². The van der Waals surface area contributed by atoms with Gasteiger partial charge in [0.25, 0.3) is 0 Å². The molecule has 1 aromatic carbocycles. The number of halogens is 1. The zero-order chi connectivity index (χ0) is 19.7. The van der Waals surface area contributed by atoms with Gasteiger partial charge in [0.05, 0.1) is 0 Å². The van der Waals surface area contributed by atoms with Crippen LogP contribution in [-0.4, -0.2) is 73.6 Å². The van der Waals surface area contributed by atoms with Gasteiger partial charge in [-0.1, -0.05) is 18.2 Å². The second-order valence-corrected chi connectivity index (χ2v) is 8.73. The Morgan fingerprint density at radius 2 is 1.79 bits per heavy atom. The van der Waals surface area contributed by atoms with Crippen LogP contribution >= 0.6 is 35.7 Å². The number of carbonyl (C=O) groups excluding carboxylic acids is 1. The van der Waals surface area contributed by atoms with Crippen molar-refractivity contribution in [3.05, 3.63) is 30.3 Å². The molecule has 8 heteroatoms. The molecule has 1 aromatic rings. The van der Waals surface area contributed by atoms with Crippen LogP contribution in [0.1, 0.15) is 20.8 Å². The van der Waals surface area contributed by atoms with Gasteiger partial charge in [-0.2, -0.15) is 11.8 Å². The molecular weight excluding hydrogens is 485 g/mol. The highest BCUT2D eigenvalue weighted by atomic mass is 127. The number of anilines is 1. The molecule has 1 heterocycles. The van der Waals surface area contributed by atoms with Gasteiger partial charge in [-0.15, -0.1) is 24.0 Å². The van der Waals surface area contributed by atoms with Gasteiger partial charge in [0.15, 0.2) is 5.96 Å². The van der Waals surface area contributed by atoms with Crippen LogP contribution in [0.15, 0.2) is 35.3 Å². The first-order chi connectivity index (χ1) is 12.9. The predicted molar refractivity (Wildman–Crippen MR) is 132 cm³/mol. The molecule has 0 bridgehead atoms. The summed E-state index contributed by atoms with van der Waals surface area (Å²) in [6, 6.07) is 10.4. The molecule has 0 saturated carbocycles. The highest BCUT2D eigenvalue weighted by Gasteiger charge is 2.21. The molecule has 28 heavy (non-hydrogen) atoms. The van der Waals surface area contributed by atoms with E-state index in [2.05, 4.69) is 64.9 Å². The molecule has 0 radical (unpaired) electrons. The number of hydrogen-bond acceptors (Lipinski definition) is 4. The average Bonchev–Trinajstić information content (AvgIpc) is 2.70. The Labute approximate surface area is 190 Å². The zero-order valence-electron chi connectivity index (χ0n) is 17.4. The van der Waals surface area contributed by atoms with Gasteiger partial charge in [-0.25, -0.2) is 4.99 Å². The summed E-state index contributed by atoms with van der Waals surface area (Å²) < 4.78 is 0.119. The SMILES string of the molecule is CCNC(=NCC(=O)N1CCN(c2ccccc2)CC1)NCC(C)(C)SC.I. The number of para-hydroxylation sites is 1. The summed E-state index contributed by atoms with van der Waals surface area (Å²) in [6.45, 7) is 11.4. The number of benzene rings is 1. The van der Waals surface area contributed by atoms with Gasteiger partial charge in [0, 0.05) is 49.7 Å². The molecule has 158 valence electrons. The zero-order valence-corrected chi connectivity index (χ0v) is 20.5. The first-order valence-electron chi connectivity index (χ1n) is 9.60. The number of carbonyl (C=O) groups is 1. The van der Waals surface area contributed by atoms with Crippen LogP contribution in [0.4, 0.5) is 5.69 Å². The van der Waals surface area contributed by atoms with E-state index >= 15 is 0 Å². The maximum atomic E-state index is 12.5. The number of thioether (sulfide) groups is 1. The molecule has 0 spiro atoms. The predicted octanol–water partition coefficient (Wildman–Crippen LogP) is 2.65. The summed E-state index contributed by atoms with van der Waals surface area (Å²) in [5.41, 5.74) is 1.22. The topological polar surface area (TPSA) is 60.0 Å². The van der Waals surface area contributed by atoms with E-state index in [0.29, 0.717) is 5.96 Å². The summed E-state index contributed by atoms with van der Waals surface area (Å²) in [4.78, 5) is 21.3. The van der Waals surface area contributed by atoms with Gasteiger partial charge < -0.3 is 20.4 Å². The lowest BCUT2D eigenvalue weighted by Crippen LogP contribution is -2.50. The van der Waals surface area contributed by atoms with E-state index in [1.807, 2.05) is 29.7 Å². The van der Waals surface area contributed by atoms with Gasteiger partial charge >= 0.3 is 0 Å². The number of amides is 1. The molecule has 1 aliphatic heterocycles. The first kappa shape index (κ1) is 24.9. The number of rotatable bonds is 7. The molecule has 1 saturated heterocycles. The number of hydrogen-bond donors (Lipinski definition) is 2. The summed E-state index contributed by atoms with van der Waals surface area (Å²) in [7, 11) is 0. The number of aliphatic imine (C=N–C) groups is 1. The van der Waals surface area contributed by atoms with Crippen molar-refractivity contribution in [2.45, 2.75) is 25.5 Å². The van der Waals surface area contributed by atoms with Crippen LogP contribution in [0.25, 0.3) is 0 Å².